The number of likely N-dealkylation sites (N-methyl/N-ethyl adjacent to an activating group) is 1. The zero-order valence-electron chi connectivity index (χ0n) is 27.0. The van der Waals surface area contributed by atoms with Gasteiger partial charge in [0.1, 0.15) is 12.4 Å². The van der Waals surface area contributed by atoms with Crippen molar-refractivity contribution in [1.29, 1.82) is 0 Å². The van der Waals surface area contributed by atoms with Crippen LogP contribution in [0.2, 0.25) is 0 Å². The smallest absolute Gasteiger partial charge is 0.338 e. The average Bonchev–Trinajstić information content (AvgIpc) is 3.00. The fourth-order valence-corrected chi connectivity index (χ4v) is 3.95. The van der Waals surface area contributed by atoms with Crippen molar-refractivity contribution in [1.82, 2.24) is 10.2 Å². The number of hydrogen-bond acceptors (Lipinski definition) is 8. The maximum Gasteiger partial charge on any atom is 0.338 e. The van der Waals surface area contributed by atoms with Gasteiger partial charge in [-0.3, -0.25) is 4.79 Å². The van der Waals surface area contributed by atoms with Crippen molar-refractivity contribution in [2.45, 2.75) is 73.3 Å². The van der Waals surface area contributed by atoms with Crippen LogP contribution in [-0.4, -0.2) is 61.8 Å². The average molecular weight is 600 g/mol. The quantitative estimate of drug-likeness (QED) is 0.0784. The lowest BCUT2D eigenvalue weighted by molar-refractivity contribution is -0.121. The molecule has 0 unspecified atom stereocenters. The van der Waals surface area contributed by atoms with E-state index in [1.165, 1.54) is 7.11 Å². The van der Waals surface area contributed by atoms with Gasteiger partial charge >= 0.3 is 5.97 Å². The fraction of sp³-hybridized carbons (Fsp3) is 0.529. The van der Waals surface area contributed by atoms with E-state index in [0.717, 1.165) is 50.9 Å². The topological polar surface area (TPSA) is 123 Å². The molecule has 0 atom stereocenters. The Labute approximate surface area is 258 Å². The van der Waals surface area contributed by atoms with E-state index in [-0.39, 0.29) is 17.6 Å². The Balaban J connectivity index is 0.000000430. The zero-order valence-corrected chi connectivity index (χ0v) is 27.0. The highest BCUT2D eigenvalue weighted by Gasteiger charge is 2.11. The minimum Gasteiger partial charge on any atom is -0.504 e. The summed E-state index contributed by atoms with van der Waals surface area (Å²) in [6, 6.07) is 10.1. The van der Waals surface area contributed by atoms with Crippen LogP contribution in [0, 0.1) is 5.92 Å². The van der Waals surface area contributed by atoms with Crippen molar-refractivity contribution >= 4 is 17.6 Å². The highest BCUT2D eigenvalue weighted by atomic mass is 16.5. The van der Waals surface area contributed by atoms with Crippen LogP contribution in [0.25, 0.3) is 0 Å². The van der Waals surface area contributed by atoms with Crippen molar-refractivity contribution < 1.29 is 28.9 Å². The molecule has 2 aromatic carbocycles. The molecule has 0 radical (unpaired) electrons. The van der Waals surface area contributed by atoms with Crippen LogP contribution >= 0.6 is 0 Å². The first-order chi connectivity index (χ1) is 20.6. The van der Waals surface area contributed by atoms with Crippen molar-refractivity contribution in [2.24, 2.45) is 5.92 Å². The summed E-state index contributed by atoms with van der Waals surface area (Å²) in [4.78, 5) is 25.9. The van der Waals surface area contributed by atoms with Gasteiger partial charge in [-0.2, -0.15) is 0 Å². The number of phenols is 1. The fourth-order valence-electron chi connectivity index (χ4n) is 3.95. The monoisotopic (exact) mass is 599 g/mol. The third-order valence-electron chi connectivity index (χ3n) is 6.52. The molecule has 43 heavy (non-hydrogen) atoms. The molecule has 0 saturated heterocycles. The molecule has 0 aliphatic rings. The second-order valence-electron chi connectivity index (χ2n) is 10.5. The van der Waals surface area contributed by atoms with Gasteiger partial charge < -0.3 is 35.3 Å². The maximum absolute atomic E-state index is 11.9. The highest BCUT2D eigenvalue weighted by Crippen LogP contribution is 2.26. The second-order valence-corrected chi connectivity index (χ2v) is 10.5. The summed E-state index contributed by atoms with van der Waals surface area (Å²) in [6.07, 6.45) is 8.79. The minimum absolute atomic E-state index is 0.0554. The Morgan fingerprint density at radius 2 is 1.77 bits per heavy atom. The first kappa shape index (κ1) is 37.3. The van der Waals surface area contributed by atoms with E-state index in [2.05, 4.69) is 50.1 Å². The molecule has 9 nitrogen and oxygen atoms in total. The van der Waals surface area contributed by atoms with E-state index in [4.69, 9.17) is 19.9 Å². The van der Waals surface area contributed by atoms with Gasteiger partial charge in [-0.25, -0.2) is 4.79 Å². The maximum atomic E-state index is 11.9. The van der Waals surface area contributed by atoms with Crippen molar-refractivity contribution in [3.8, 4) is 17.2 Å². The molecule has 2 aromatic rings. The summed E-state index contributed by atoms with van der Waals surface area (Å²) in [6.45, 7) is 14.6. The summed E-state index contributed by atoms with van der Waals surface area (Å²) in [7, 11) is 1.51. The minimum atomic E-state index is -0.351. The molecule has 9 heteroatoms. The molecule has 4 N–H and O–H groups in total. The largest absolute Gasteiger partial charge is 0.504 e. The lowest BCUT2D eigenvalue weighted by atomic mass is 10.1. The van der Waals surface area contributed by atoms with Crippen LogP contribution in [0.5, 0.6) is 17.2 Å². The number of anilines is 1. The van der Waals surface area contributed by atoms with Crippen LogP contribution in [0.4, 0.5) is 5.69 Å². The van der Waals surface area contributed by atoms with Gasteiger partial charge in [-0.1, -0.05) is 52.8 Å². The molecular formula is C34H53N3O6. The number of aromatic hydroxyl groups is 1. The standard InChI is InChI=1S/C18H27NO3.C16H26N2O3/c1-14(2)8-6-4-5-7-9-18(21)19-13-15-10-11-16(20)17(12-15)22-3;1-4-10-20-15-8-7-13(12-14(15)17)16(19)21-11-9-18(5-2)6-3/h6,8,10-12,14,20H,4-5,7,9,13H2,1-3H3,(H,19,21);7-8,12H,4-6,9-11,17H2,1-3H3/b8-6+;. The lowest BCUT2D eigenvalue weighted by Gasteiger charge is -2.17. The van der Waals surface area contributed by atoms with Crippen molar-refractivity contribution in [3.05, 3.63) is 59.7 Å². The molecule has 1 amide bonds. The number of rotatable bonds is 18. The van der Waals surface area contributed by atoms with Gasteiger partial charge in [-0.05, 0) is 80.6 Å². The Kier molecular flexibility index (Phi) is 19.0. The normalized spacial score (nSPS) is 10.9. The Hall–Kier alpha value is -3.72. The predicted molar refractivity (Wildman–Crippen MR) is 174 cm³/mol. The number of esters is 1. The molecule has 0 aromatic heterocycles. The molecule has 0 heterocycles. The number of nitrogens with one attached hydrogen (secondary N) is 1. The Bertz CT molecular complexity index is 1120. The zero-order chi connectivity index (χ0) is 32.0. The second kappa shape index (κ2) is 21.9. The SMILES string of the molecule is CCCOc1ccc(C(=O)OCCN(CC)CC)cc1N.COc1cc(CNC(=O)CCCC/C=C/C(C)C)ccc1O. The van der Waals surface area contributed by atoms with Gasteiger partial charge in [0.05, 0.1) is 25.0 Å². The molecule has 240 valence electrons. The van der Waals surface area contributed by atoms with E-state index in [9.17, 15) is 14.7 Å². The number of amides is 1. The Morgan fingerprint density at radius 3 is 2.40 bits per heavy atom. The first-order valence-electron chi connectivity index (χ1n) is 15.4. The summed E-state index contributed by atoms with van der Waals surface area (Å²) < 4.78 is 15.8. The third kappa shape index (κ3) is 15.9. The van der Waals surface area contributed by atoms with Gasteiger partial charge in [0.15, 0.2) is 11.5 Å². The van der Waals surface area contributed by atoms with E-state index in [1.807, 2.05) is 6.92 Å². The molecule has 0 spiro atoms. The molecular weight excluding hydrogens is 546 g/mol. The van der Waals surface area contributed by atoms with Gasteiger partial charge in [0.2, 0.25) is 5.91 Å². The Morgan fingerprint density at radius 1 is 1.02 bits per heavy atom. The molecule has 0 aliphatic heterocycles. The molecule has 0 saturated carbocycles. The van der Waals surface area contributed by atoms with Crippen molar-refractivity contribution in [3.63, 3.8) is 0 Å². The van der Waals surface area contributed by atoms with E-state index >= 15 is 0 Å². The van der Waals surface area contributed by atoms with Crippen LogP contribution < -0.4 is 20.5 Å². The predicted octanol–water partition coefficient (Wildman–Crippen LogP) is 6.35. The van der Waals surface area contributed by atoms with Crippen LogP contribution in [0.1, 0.15) is 82.6 Å². The number of carbonyl (C=O) groups is 2. The van der Waals surface area contributed by atoms with Gasteiger partial charge in [-0.15, -0.1) is 0 Å². The number of ether oxygens (including phenoxy) is 3. The summed E-state index contributed by atoms with van der Waals surface area (Å²) in [5, 5.41) is 12.4. The van der Waals surface area contributed by atoms with E-state index in [0.29, 0.717) is 54.8 Å². The number of hydrogen-bond donors (Lipinski definition) is 3. The van der Waals surface area contributed by atoms with Gasteiger partial charge in [0.25, 0.3) is 0 Å². The number of nitrogen functional groups attached to an aromatic ring is 1. The molecule has 2 rings (SSSR count). The van der Waals surface area contributed by atoms with Crippen LogP contribution in [-0.2, 0) is 16.1 Å². The number of benzene rings is 2. The van der Waals surface area contributed by atoms with Crippen LogP contribution in [0.3, 0.4) is 0 Å². The number of allylic oxidation sites excluding steroid dienone is 2. The highest BCUT2D eigenvalue weighted by molar-refractivity contribution is 5.91. The number of unbranched alkanes of at least 4 members (excludes halogenated alkanes) is 2. The number of methoxy groups -OCH3 is 1. The first-order valence-corrected chi connectivity index (χ1v) is 15.4. The number of nitrogens with two attached hydrogens (primary N) is 1. The molecule has 0 bridgehead atoms. The number of phenolic OH excluding ortho intramolecular Hbond substituents is 1. The molecule has 0 aliphatic carbocycles. The summed E-state index contributed by atoms with van der Waals surface area (Å²) in [5.74, 6) is 1.42. The number of nitrogens with zero attached hydrogens (tertiary/aromatic N) is 1. The number of carbonyl (C=O) groups excluding carboxylic acids is 2. The van der Waals surface area contributed by atoms with E-state index < -0.39 is 0 Å². The van der Waals surface area contributed by atoms with Crippen LogP contribution in [0.15, 0.2) is 48.6 Å². The summed E-state index contributed by atoms with van der Waals surface area (Å²) >= 11 is 0. The van der Waals surface area contributed by atoms with Crippen molar-refractivity contribution in [2.75, 3.05) is 45.7 Å². The summed E-state index contributed by atoms with van der Waals surface area (Å²) in [5.41, 5.74) is 7.70. The van der Waals surface area contributed by atoms with Gasteiger partial charge in [0, 0.05) is 19.5 Å². The van der Waals surface area contributed by atoms with E-state index in [1.54, 1.807) is 36.4 Å². The third-order valence-corrected chi connectivity index (χ3v) is 6.52. The molecule has 0 fully saturated rings. The lowest BCUT2D eigenvalue weighted by Crippen LogP contribution is -2.27.